The summed E-state index contributed by atoms with van der Waals surface area (Å²) in [5.41, 5.74) is 5.12. The molecule has 6 nitrogen and oxygen atoms in total. The van der Waals surface area contributed by atoms with Crippen LogP contribution in [0.1, 0.15) is 36.4 Å². The van der Waals surface area contributed by atoms with Gasteiger partial charge in [0.25, 0.3) is 0 Å². The molecule has 1 atom stereocenters. The molecule has 0 aliphatic rings. The summed E-state index contributed by atoms with van der Waals surface area (Å²) in [6, 6.07) is 9.48. The van der Waals surface area contributed by atoms with Crippen molar-refractivity contribution < 1.29 is 17.9 Å². The Morgan fingerprint density at radius 2 is 1.94 bits per heavy atom. The molecule has 0 saturated carbocycles. The molecule has 0 fully saturated rings. The molecule has 0 radical (unpaired) electrons. The van der Waals surface area contributed by atoms with Crippen LogP contribution in [0.3, 0.4) is 0 Å². The summed E-state index contributed by atoms with van der Waals surface area (Å²) >= 11 is 0. The topological polar surface area (TPSA) is 104 Å². The van der Waals surface area contributed by atoms with Gasteiger partial charge in [0.1, 0.15) is 11.6 Å². The minimum Gasteiger partial charge on any atom is -0.491 e. The van der Waals surface area contributed by atoms with Gasteiger partial charge in [-0.1, -0.05) is 0 Å². The number of nitriles is 1. The van der Waals surface area contributed by atoms with Crippen LogP contribution in [-0.2, 0) is 5.54 Å². The van der Waals surface area contributed by atoms with Gasteiger partial charge in [-0.2, -0.15) is 18.4 Å². The number of aromatic nitrogens is 3. The zero-order valence-electron chi connectivity index (χ0n) is 17.1. The van der Waals surface area contributed by atoms with E-state index >= 15 is 0 Å². The van der Waals surface area contributed by atoms with E-state index in [9.17, 15) is 13.2 Å². The second-order valence-corrected chi connectivity index (χ2v) is 7.73. The number of nitrogens with zero attached hydrogens (tertiary/aromatic N) is 2. The summed E-state index contributed by atoms with van der Waals surface area (Å²) in [5, 5.41) is 9.40. The number of alkyl halides is 3. The molecule has 4 N–H and O–H groups in total. The number of ether oxygens (including phenoxy) is 1. The van der Waals surface area contributed by atoms with Crippen molar-refractivity contribution in [2.75, 3.05) is 0 Å². The molecule has 9 heteroatoms. The predicted molar refractivity (Wildman–Crippen MR) is 111 cm³/mol. The quantitative estimate of drug-likeness (QED) is 0.436. The van der Waals surface area contributed by atoms with Crippen LogP contribution in [0.2, 0.25) is 0 Å². The Labute approximate surface area is 175 Å². The lowest BCUT2D eigenvalue weighted by molar-refractivity contribution is -0.178. The van der Waals surface area contributed by atoms with Crippen molar-refractivity contribution in [1.82, 2.24) is 15.0 Å². The van der Waals surface area contributed by atoms with Gasteiger partial charge in [-0.3, -0.25) is 0 Å². The van der Waals surface area contributed by atoms with Gasteiger partial charge in [-0.15, -0.1) is 0 Å². The molecule has 0 saturated heterocycles. The minimum absolute atomic E-state index is 0.0394. The van der Waals surface area contributed by atoms with Gasteiger partial charge in [0.05, 0.1) is 28.8 Å². The van der Waals surface area contributed by atoms with Crippen LogP contribution in [0.5, 0.6) is 5.75 Å². The van der Waals surface area contributed by atoms with E-state index in [1.807, 2.05) is 6.07 Å². The lowest BCUT2D eigenvalue weighted by Crippen LogP contribution is -2.52. The summed E-state index contributed by atoms with van der Waals surface area (Å²) < 4.78 is 49.9. The van der Waals surface area contributed by atoms with Gasteiger partial charge in [-0.25, -0.2) is 4.98 Å². The van der Waals surface area contributed by atoms with Crippen LogP contribution < -0.4 is 10.5 Å². The van der Waals surface area contributed by atoms with Crippen molar-refractivity contribution in [1.29, 1.82) is 5.26 Å². The highest BCUT2D eigenvalue weighted by atomic mass is 19.4. The van der Waals surface area contributed by atoms with Gasteiger partial charge in [0.15, 0.2) is 0 Å². The zero-order valence-corrected chi connectivity index (χ0v) is 17.1. The third kappa shape index (κ3) is 3.20. The molecule has 0 spiro atoms. The molecular formula is C22H20F3N5O. The molecule has 2 aromatic carbocycles. The number of nitrogens with two attached hydrogens (primary N) is 1. The van der Waals surface area contributed by atoms with E-state index < -0.39 is 17.5 Å². The van der Waals surface area contributed by atoms with E-state index in [0.717, 1.165) is 5.56 Å². The van der Waals surface area contributed by atoms with Gasteiger partial charge >= 0.3 is 6.18 Å². The Morgan fingerprint density at radius 3 is 2.58 bits per heavy atom. The lowest BCUT2D eigenvalue weighted by Gasteiger charge is -2.33. The maximum Gasteiger partial charge on any atom is 0.418 e. The van der Waals surface area contributed by atoms with E-state index in [0.29, 0.717) is 16.4 Å². The second-order valence-electron chi connectivity index (χ2n) is 7.73. The van der Waals surface area contributed by atoms with Gasteiger partial charge in [-0.05, 0) is 56.7 Å². The van der Waals surface area contributed by atoms with Crippen molar-refractivity contribution >= 4 is 21.9 Å². The Hall–Kier alpha value is -3.51. The molecule has 2 heterocycles. The van der Waals surface area contributed by atoms with E-state index in [-0.39, 0.29) is 28.5 Å². The molecule has 0 aliphatic carbocycles. The highest BCUT2D eigenvalue weighted by molar-refractivity contribution is 5.90. The van der Waals surface area contributed by atoms with E-state index in [1.54, 1.807) is 39.1 Å². The third-order valence-corrected chi connectivity index (χ3v) is 5.19. The average Bonchev–Trinajstić information content (AvgIpc) is 3.33. The first-order chi connectivity index (χ1) is 14.6. The number of fused-ring (bicyclic) bond motifs is 2. The molecule has 1 unspecified atom stereocenters. The fraction of sp³-hybridized carbons (Fsp3) is 0.273. The molecule has 0 aliphatic heterocycles. The molecule has 4 aromatic rings. The first-order valence-electron chi connectivity index (χ1n) is 9.60. The number of aromatic amines is 2. The molecule has 160 valence electrons. The monoisotopic (exact) mass is 427 g/mol. The number of rotatable bonds is 4. The highest BCUT2D eigenvalue weighted by Gasteiger charge is 2.59. The Morgan fingerprint density at radius 1 is 1.19 bits per heavy atom. The van der Waals surface area contributed by atoms with Crippen molar-refractivity contribution in [3.63, 3.8) is 0 Å². The van der Waals surface area contributed by atoms with Crippen LogP contribution in [0.25, 0.3) is 21.9 Å². The molecular weight excluding hydrogens is 407 g/mol. The van der Waals surface area contributed by atoms with Gasteiger partial charge in [0, 0.05) is 22.7 Å². The molecule has 0 bridgehead atoms. The van der Waals surface area contributed by atoms with Crippen molar-refractivity contribution in [2.45, 2.75) is 38.6 Å². The zero-order chi connectivity index (χ0) is 22.6. The maximum atomic E-state index is 14.7. The SMILES string of the molecule is Cc1cc(OC(C)C)c(C(N)(c2nc3cc(C#N)ccc3[nH]2)C(F)(F)F)c2cc[nH]c12. The highest BCUT2D eigenvalue weighted by Crippen LogP contribution is 2.48. The van der Waals surface area contributed by atoms with Crippen molar-refractivity contribution in [2.24, 2.45) is 5.73 Å². The van der Waals surface area contributed by atoms with Crippen LogP contribution in [-0.4, -0.2) is 27.2 Å². The fourth-order valence-electron chi connectivity index (χ4n) is 3.79. The van der Waals surface area contributed by atoms with Crippen molar-refractivity contribution in [3.05, 3.63) is 59.0 Å². The predicted octanol–water partition coefficient (Wildman–Crippen LogP) is 4.78. The summed E-state index contributed by atoms with van der Waals surface area (Å²) in [4.78, 5) is 9.85. The summed E-state index contributed by atoms with van der Waals surface area (Å²) in [6.07, 6.45) is -3.72. The largest absolute Gasteiger partial charge is 0.491 e. The van der Waals surface area contributed by atoms with E-state index in [4.69, 9.17) is 15.7 Å². The molecule has 31 heavy (non-hydrogen) atoms. The van der Waals surface area contributed by atoms with E-state index in [2.05, 4.69) is 15.0 Å². The third-order valence-electron chi connectivity index (χ3n) is 5.19. The van der Waals surface area contributed by atoms with Gasteiger partial charge in [0.2, 0.25) is 5.54 Å². The number of halogens is 3. The number of hydrogen-bond acceptors (Lipinski definition) is 4. The second kappa shape index (κ2) is 7.03. The van der Waals surface area contributed by atoms with Crippen LogP contribution >= 0.6 is 0 Å². The van der Waals surface area contributed by atoms with E-state index in [1.165, 1.54) is 18.2 Å². The standard InChI is InChI=1S/C22H20F3N5O/c1-11(2)31-17-8-12(3)19-14(6-7-28-19)18(17)21(27,22(23,24)25)20-29-15-5-4-13(10-26)9-16(15)30-20/h4-9,11,28H,27H2,1-3H3,(H,29,30). The summed E-state index contributed by atoms with van der Waals surface area (Å²) in [7, 11) is 0. The molecule has 0 amide bonds. The number of nitrogens with one attached hydrogen (secondary N) is 2. The minimum atomic E-state index is -4.91. The number of aryl methyl sites for hydroxylation is 1. The van der Waals surface area contributed by atoms with Crippen molar-refractivity contribution in [3.8, 4) is 11.8 Å². The number of imidazole rings is 1. The summed E-state index contributed by atoms with van der Waals surface area (Å²) in [6.45, 7) is 5.25. The fourth-order valence-corrected chi connectivity index (χ4v) is 3.79. The first kappa shape index (κ1) is 20.8. The number of hydrogen-bond donors (Lipinski definition) is 3. The Kier molecular flexibility index (Phi) is 4.70. The summed E-state index contributed by atoms with van der Waals surface area (Å²) in [5.74, 6) is -0.442. The smallest absolute Gasteiger partial charge is 0.418 e. The normalized spacial score (nSPS) is 14.2. The number of H-pyrrole nitrogens is 2. The molecule has 4 rings (SSSR count). The number of benzene rings is 2. The van der Waals surface area contributed by atoms with Crippen LogP contribution in [0.4, 0.5) is 13.2 Å². The first-order valence-corrected chi connectivity index (χ1v) is 9.60. The lowest BCUT2D eigenvalue weighted by atomic mass is 9.85. The van der Waals surface area contributed by atoms with Crippen LogP contribution in [0.15, 0.2) is 36.5 Å². The van der Waals surface area contributed by atoms with Gasteiger partial charge < -0.3 is 20.4 Å². The average molecular weight is 427 g/mol. The maximum absolute atomic E-state index is 14.7. The molecule has 2 aromatic heterocycles. The Bertz CT molecular complexity index is 1330. The van der Waals surface area contributed by atoms with Crippen LogP contribution in [0, 0.1) is 18.3 Å². The Balaban J connectivity index is 2.08.